The highest BCUT2D eigenvalue weighted by atomic mass is 35.5. The molecule has 0 saturated carbocycles. The van der Waals surface area contributed by atoms with Crippen LogP contribution in [0.25, 0.3) is 0 Å². The quantitative estimate of drug-likeness (QED) is 0.449. The van der Waals surface area contributed by atoms with Crippen molar-refractivity contribution in [1.82, 2.24) is 5.32 Å². The molecule has 62 valence electrons. The van der Waals surface area contributed by atoms with E-state index in [4.69, 9.17) is 17.3 Å². The van der Waals surface area contributed by atoms with Gasteiger partial charge in [-0.1, -0.05) is 25.4 Å². The summed E-state index contributed by atoms with van der Waals surface area (Å²) in [7, 11) is 0. The first kappa shape index (κ1) is 8.33. The smallest absolute Gasteiger partial charge is 0.212 e. The predicted octanol–water partition coefficient (Wildman–Crippen LogP) is 0.481. The number of hydrogen-bond acceptors (Lipinski definition) is 4. The summed E-state index contributed by atoms with van der Waals surface area (Å²) < 4.78 is 0. The maximum Gasteiger partial charge on any atom is 0.212 e. The summed E-state index contributed by atoms with van der Waals surface area (Å²) in [6, 6.07) is 0. The Bertz CT molecular complexity index is 211. The fourth-order valence-corrected chi connectivity index (χ4v) is 0.853. The highest BCUT2D eigenvalue weighted by Gasteiger charge is 2.31. The van der Waals surface area contributed by atoms with Crippen LogP contribution in [0.5, 0.6) is 0 Å². The van der Waals surface area contributed by atoms with Crippen molar-refractivity contribution in [2.45, 2.75) is 19.0 Å². The number of aliphatic imine (C=N–C) groups is 2. The predicted molar refractivity (Wildman–Crippen MR) is 46.7 cm³/mol. The van der Waals surface area contributed by atoms with Gasteiger partial charge >= 0.3 is 0 Å². The van der Waals surface area contributed by atoms with Crippen LogP contribution in [-0.4, -0.2) is 17.4 Å². The highest BCUT2D eigenvalue weighted by Crippen LogP contribution is 2.24. The van der Waals surface area contributed by atoms with Gasteiger partial charge in [0.2, 0.25) is 5.12 Å². The first-order chi connectivity index (χ1) is 5.04. The van der Waals surface area contributed by atoms with Gasteiger partial charge in [0.1, 0.15) is 6.34 Å². The topological polar surface area (TPSA) is 62.8 Å². The van der Waals surface area contributed by atoms with Gasteiger partial charge in [-0.05, 0) is 0 Å². The van der Waals surface area contributed by atoms with Gasteiger partial charge in [-0.2, -0.15) is 0 Å². The molecule has 3 N–H and O–H groups in total. The van der Waals surface area contributed by atoms with Gasteiger partial charge in [-0.25, -0.2) is 9.98 Å². The maximum absolute atomic E-state index is 6.03. The Hall–Kier alpha value is -0.770. The summed E-state index contributed by atoms with van der Waals surface area (Å²) in [6.07, 6.45) is 1.37. The number of nitrogens with one attached hydrogen (secondary N) is 1. The van der Waals surface area contributed by atoms with Gasteiger partial charge in [0.05, 0.1) is 0 Å². The summed E-state index contributed by atoms with van der Waals surface area (Å²) in [5.41, 5.74) is 5.41. The minimum absolute atomic E-state index is 0.162. The number of guanidine groups is 1. The molecule has 5 heteroatoms. The van der Waals surface area contributed by atoms with Crippen LogP contribution in [0.2, 0.25) is 0 Å². The standard InChI is InChI=1S/C6H11ClN4/c1-4(2)6(7)10-3-9-5(8)11-6/h3-4H,1-2H3,(H3,8,9,10,11). The van der Waals surface area contributed by atoms with Gasteiger partial charge in [-0.3, -0.25) is 0 Å². The first-order valence-electron chi connectivity index (χ1n) is 3.38. The molecule has 1 aliphatic rings. The molecule has 0 saturated heterocycles. The van der Waals surface area contributed by atoms with E-state index in [1.165, 1.54) is 6.34 Å². The second-order valence-electron chi connectivity index (χ2n) is 2.71. The minimum Gasteiger partial charge on any atom is -0.370 e. The lowest BCUT2D eigenvalue weighted by molar-refractivity contribution is 0.409. The Labute approximate surface area is 70.5 Å². The maximum atomic E-state index is 6.03. The van der Waals surface area contributed by atoms with Crippen LogP contribution in [0.1, 0.15) is 13.8 Å². The van der Waals surface area contributed by atoms with Crippen LogP contribution < -0.4 is 11.1 Å². The van der Waals surface area contributed by atoms with Crippen molar-refractivity contribution in [3.8, 4) is 0 Å². The van der Waals surface area contributed by atoms with E-state index in [2.05, 4.69) is 15.3 Å². The fourth-order valence-electron chi connectivity index (χ4n) is 0.713. The molecule has 0 aromatic carbocycles. The van der Waals surface area contributed by atoms with Crippen LogP contribution in [-0.2, 0) is 0 Å². The molecule has 0 radical (unpaired) electrons. The zero-order chi connectivity index (χ0) is 8.48. The lowest BCUT2D eigenvalue weighted by atomic mass is 10.1. The summed E-state index contributed by atoms with van der Waals surface area (Å²) in [5.74, 6) is 0.471. The number of nitrogens with zero attached hydrogens (tertiary/aromatic N) is 2. The van der Waals surface area contributed by atoms with Crippen LogP contribution in [0.15, 0.2) is 9.98 Å². The van der Waals surface area contributed by atoms with Gasteiger partial charge in [-0.15, -0.1) is 0 Å². The van der Waals surface area contributed by atoms with E-state index in [1.54, 1.807) is 0 Å². The molecule has 1 atom stereocenters. The minimum atomic E-state index is -0.814. The number of halogens is 1. The van der Waals surface area contributed by atoms with Gasteiger partial charge < -0.3 is 11.1 Å². The monoisotopic (exact) mass is 174 g/mol. The normalized spacial score (nSPS) is 30.0. The molecular formula is C6H11ClN4. The Morgan fingerprint density at radius 2 is 2.36 bits per heavy atom. The summed E-state index contributed by atoms with van der Waals surface area (Å²) in [6.45, 7) is 3.91. The largest absolute Gasteiger partial charge is 0.370 e. The molecule has 1 unspecified atom stereocenters. The van der Waals surface area contributed by atoms with E-state index in [-0.39, 0.29) is 5.92 Å². The Balaban J connectivity index is 2.78. The molecule has 0 fully saturated rings. The van der Waals surface area contributed by atoms with Crippen molar-refractivity contribution in [3.63, 3.8) is 0 Å². The number of nitrogens with two attached hydrogens (primary N) is 1. The third kappa shape index (κ3) is 1.63. The lowest BCUT2D eigenvalue weighted by Crippen LogP contribution is -2.51. The average molecular weight is 175 g/mol. The van der Waals surface area contributed by atoms with Crippen LogP contribution >= 0.6 is 11.6 Å². The molecule has 0 aromatic heterocycles. The Morgan fingerprint density at radius 1 is 1.73 bits per heavy atom. The van der Waals surface area contributed by atoms with E-state index in [9.17, 15) is 0 Å². The fraction of sp³-hybridized carbons (Fsp3) is 0.667. The highest BCUT2D eigenvalue weighted by molar-refractivity contribution is 6.25. The molecule has 1 aliphatic heterocycles. The molecule has 0 spiro atoms. The van der Waals surface area contributed by atoms with Crippen LogP contribution in [0.3, 0.4) is 0 Å². The third-order valence-electron chi connectivity index (χ3n) is 1.51. The first-order valence-corrected chi connectivity index (χ1v) is 3.76. The Morgan fingerprint density at radius 3 is 2.73 bits per heavy atom. The third-order valence-corrected chi connectivity index (χ3v) is 2.14. The summed E-state index contributed by atoms with van der Waals surface area (Å²) in [4.78, 5) is 7.69. The van der Waals surface area contributed by atoms with Crippen molar-refractivity contribution >= 4 is 23.9 Å². The SMILES string of the molecule is CC(C)C1(Cl)N=CN=C(N)N1. The van der Waals surface area contributed by atoms with Crippen LogP contribution in [0.4, 0.5) is 0 Å². The van der Waals surface area contributed by atoms with E-state index in [0.717, 1.165) is 0 Å². The van der Waals surface area contributed by atoms with Crippen molar-refractivity contribution in [2.24, 2.45) is 21.6 Å². The van der Waals surface area contributed by atoms with Crippen molar-refractivity contribution in [2.75, 3.05) is 0 Å². The van der Waals surface area contributed by atoms with Crippen molar-refractivity contribution < 1.29 is 0 Å². The zero-order valence-electron chi connectivity index (χ0n) is 6.50. The summed E-state index contributed by atoms with van der Waals surface area (Å²) >= 11 is 6.03. The zero-order valence-corrected chi connectivity index (χ0v) is 7.26. The van der Waals surface area contributed by atoms with E-state index < -0.39 is 5.12 Å². The molecule has 11 heavy (non-hydrogen) atoms. The molecule has 4 nitrogen and oxygen atoms in total. The molecule has 0 bridgehead atoms. The molecule has 0 aliphatic carbocycles. The molecule has 1 heterocycles. The molecular weight excluding hydrogens is 164 g/mol. The van der Waals surface area contributed by atoms with Crippen LogP contribution in [0, 0.1) is 5.92 Å². The molecule has 0 aromatic rings. The number of alkyl halides is 1. The second-order valence-corrected chi connectivity index (χ2v) is 3.29. The van der Waals surface area contributed by atoms with Crippen molar-refractivity contribution in [1.29, 1.82) is 0 Å². The summed E-state index contributed by atoms with van der Waals surface area (Å²) in [5, 5.41) is 1.97. The van der Waals surface area contributed by atoms with E-state index >= 15 is 0 Å². The Kier molecular flexibility index (Phi) is 2.04. The molecule has 1 rings (SSSR count). The van der Waals surface area contributed by atoms with Gasteiger partial charge in [0.25, 0.3) is 0 Å². The average Bonchev–Trinajstić information content (AvgIpc) is 1.86. The van der Waals surface area contributed by atoms with Crippen molar-refractivity contribution in [3.05, 3.63) is 0 Å². The lowest BCUT2D eigenvalue weighted by Gasteiger charge is -2.29. The van der Waals surface area contributed by atoms with E-state index in [0.29, 0.717) is 5.96 Å². The van der Waals surface area contributed by atoms with Gasteiger partial charge in [0, 0.05) is 5.92 Å². The van der Waals surface area contributed by atoms with E-state index in [1.807, 2.05) is 13.8 Å². The van der Waals surface area contributed by atoms with Gasteiger partial charge in [0.15, 0.2) is 5.96 Å². The molecule has 0 amide bonds. The second kappa shape index (κ2) is 2.70. The number of hydrogen-bond donors (Lipinski definition) is 2. The number of rotatable bonds is 1.